The zero-order chi connectivity index (χ0) is 15.5. The van der Waals surface area contributed by atoms with E-state index in [4.69, 9.17) is 10.5 Å². The SMILES string of the molecule is CCOC(=O)c1ccc(N2CCCC(C)(O)CC2)c(N)c1. The fourth-order valence-corrected chi connectivity index (χ4v) is 2.69. The molecule has 1 saturated heterocycles. The van der Waals surface area contributed by atoms with Crippen LogP contribution in [0, 0.1) is 0 Å². The molecular formula is C16H24N2O3. The van der Waals surface area contributed by atoms with Gasteiger partial charge in [0, 0.05) is 13.1 Å². The topological polar surface area (TPSA) is 75.8 Å². The smallest absolute Gasteiger partial charge is 0.338 e. The molecule has 1 unspecified atom stereocenters. The molecule has 2 rings (SSSR count). The molecule has 1 aliphatic rings. The number of esters is 1. The van der Waals surface area contributed by atoms with E-state index >= 15 is 0 Å². The average Bonchev–Trinajstić information content (AvgIpc) is 2.60. The van der Waals surface area contributed by atoms with E-state index in [1.165, 1.54) is 0 Å². The third-order valence-corrected chi connectivity index (χ3v) is 3.94. The van der Waals surface area contributed by atoms with Crippen LogP contribution in [0.2, 0.25) is 0 Å². The lowest BCUT2D eigenvalue weighted by Gasteiger charge is -2.25. The van der Waals surface area contributed by atoms with Crippen LogP contribution in [0.3, 0.4) is 0 Å². The van der Waals surface area contributed by atoms with E-state index < -0.39 is 5.60 Å². The second kappa shape index (κ2) is 6.35. The van der Waals surface area contributed by atoms with Gasteiger partial charge in [-0.1, -0.05) is 0 Å². The van der Waals surface area contributed by atoms with Crippen molar-refractivity contribution in [3.8, 4) is 0 Å². The van der Waals surface area contributed by atoms with E-state index in [1.54, 1.807) is 19.1 Å². The average molecular weight is 292 g/mol. The number of nitrogens with two attached hydrogens (primary N) is 1. The Kier molecular flexibility index (Phi) is 4.73. The third-order valence-electron chi connectivity index (χ3n) is 3.94. The van der Waals surface area contributed by atoms with Gasteiger partial charge in [-0.05, 0) is 51.3 Å². The summed E-state index contributed by atoms with van der Waals surface area (Å²) in [4.78, 5) is 13.9. The summed E-state index contributed by atoms with van der Waals surface area (Å²) in [5.74, 6) is -0.352. The molecule has 21 heavy (non-hydrogen) atoms. The Bertz CT molecular complexity index is 514. The Morgan fingerprint density at radius 2 is 2.19 bits per heavy atom. The fraction of sp³-hybridized carbons (Fsp3) is 0.562. The van der Waals surface area contributed by atoms with E-state index in [1.807, 2.05) is 13.0 Å². The Morgan fingerprint density at radius 1 is 1.43 bits per heavy atom. The molecule has 1 aliphatic heterocycles. The van der Waals surface area contributed by atoms with Crippen LogP contribution in [0.1, 0.15) is 43.5 Å². The number of carbonyl (C=O) groups is 1. The molecular weight excluding hydrogens is 268 g/mol. The van der Waals surface area contributed by atoms with Crippen molar-refractivity contribution in [2.75, 3.05) is 30.3 Å². The van der Waals surface area contributed by atoms with E-state index in [0.717, 1.165) is 31.6 Å². The molecule has 1 aromatic rings. The predicted molar refractivity (Wildman–Crippen MR) is 83.5 cm³/mol. The van der Waals surface area contributed by atoms with E-state index in [-0.39, 0.29) is 5.97 Å². The number of hydrogen-bond acceptors (Lipinski definition) is 5. The molecule has 5 heteroatoms. The summed E-state index contributed by atoms with van der Waals surface area (Å²) >= 11 is 0. The largest absolute Gasteiger partial charge is 0.462 e. The molecule has 1 aromatic carbocycles. The molecule has 0 bridgehead atoms. The maximum absolute atomic E-state index is 11.7. The van der Waals surface area contributed by atoms with Crippen molar-refractivity contribution in [3.05, 3.63) is 23.8 Å². The summed E-state index contributed by atoms with van der Waals surface area (Å²) in [6.07, 6.45) is 2.43. The summed E-state index contributed by atoms with van der Waals surface area (Å²) in [6, 6.07) is 5.27. The maximum atomic E-state index is 11.7. The summed E-state index contributed by atoms with van der Waals surface area (Å²) < 4.78 is 4.97. The van der Waals surface area contributed by atoms with Gasteiger partial charge in [0.15, 0.2) is 0 Å². The lowest BCUT2D eigenvalue weighted by atomic mass is 9.98. The molecule has 0 radical (unpaired) electrons. The second-order valence-corrected chi connectivity index (χ2v) is 5.83. The van der Waals surface area contributed by atoms with Crippen LogP contribution >= 0.6 is 0 Å². The van der Waals surface area contributed by atoms with Gasteiger partial charge in [0.1, 0.15) is 0 Å². The molecule has 0 aliphatic carbocycles. The number of nitrogen functional groups attached to an aromatic ring is 1. The lowest BCUT2D eigenvalue weighted by Crippen LogP contribution is -2.28. The van der Waals surface area contributed by atoms with Crippen LogP contribution in [0.15, 0.2) is 18.2 Å². The number of carbonyl (C=O) groups excluding carboxylic acids is 1. The third kappa shape index (κ3) is 3.88. The first-order valence-corrected chi connectivity index (χ1v) is 7.47. The first-order chi connectivity index (χ1) is 9.93. The van der Waals surface area contributed by atoms with E-state index in [9.17, 15) is 9.90 Å². The summed E-state index contributed by atoms with van der Waals surface area (Å²) in [5, 5.41) is 10.1. The Hall–Kier alpha value is -1.75. The number of benzene rings is 1. The fourth-order valence-electron chi connectivity index (χ4n) is 2.69. The second-order valence-electron chi connectivity index (χ2n) is 5.83. The van der Waals surface area contributed by atoms with Gasteiger partial charge >= 0.3 is 5.97 Å². The van der Waals surface area contributed by atoms with Crippen molar-refractivity contribution >= 4 is 17.3 Å². The summed E-state index contributed by atoms with van der Waals surface area (Å²) in [6.45, 7) is 5.62. The molecule has 0 aromatic heterocycles. The zero-order valence-corrected chi connectivity index (χ0v) is 12.8. The first-order valence-electron chi connectivity index (χ1n) is 7.47. The van der Waals surface area contributed by atoms with Crippen LogP contribution in [0.5, 0.6) is 0 Å². The van der Waals surface area contributed by atoms with Crippen LogP contribution in [0.25, 0.3) is 0 Å². The first kappa shape index (κ1) is 15.6. The highest BCUT2D eigenvalue weighted by molar-refractivity contribution is 5.92. The number of anilines is 2. The van der Waals surface area contributed by atoms with Crippen molar-refractivity contribution < 1.29 is 14.6 Å². The van der Waals surface area contributed by atoms with Gasteiger partial charge in [-0.25, -0.2) is 4.79 Å². The van der Waals surface area contributed by atoms with Crippen LogP contribution in [0.4, 0.5) is 11.4 Å². The minimum absolute atomic E-state index is 0.349. The van der Waals surface area contributed by atoms with E-state index in [0.29, 0.717) is 24.3 Å². The highest BCUT2D eigenvalue weighted by Crippen LogP contribution is 2.29. The molecule has 1 atom stereocenters. The molecule has 1 fully saturated rings. The molecule has 116 valence electrons. The highest BCUT2D eigenvalue weighted by atomic mass is 16.5. The standard InChI is InChI=1S/C16H24N2O3/c1-3-21-15(19)12-5-6-14(13(17)11-12)18-9-4-7-16(2,20)8-10-18/h5-6,11,20H,3-4,7-10,17H2,1-2H3. The number of nitrogens with zero attached hydrogens (tertiary/aromatic N) is 1. The normalized spacial score (nSPS) is 22.7. The Labute approximate surface area is 125 Å². The van der Waals surface area contributed by atoms with Crippen LogP contribution < -0.4 is 10.6 Å². The van der Waals surface area contributed by atoms with Crippen LogP contribution in [-0.2, 0) is 4.74 Å². The zero-order valence-electron chi connectivity index (χ0n) is 12.8. The van der Waals surface area contributed by atoms with Crippen molar-refractivity contribution in [3.63, 3.8) is 0 Å². The lowest BCUT2D eigenvalue weighted by molar-refractivity contribution is 0.0480. The van der Waals surface area contributed by atoms with Gasteiger partial charge in [0.05, 0.1) is 29.1 Å². The van der Waals surface area contributed by atoms with Gasteiger partial charge in [0.2, 0.25) is 0 Å². The number of ether oxygens (including phenoxy) is 1. The van der Waals surface area contributed by atoms with Gasteiger partial charge in [-0.2, -0.15) is 0 Å². The highest BCUT2D eigenvalue weighted by Gasteiger charge is 2.25. The Balaban J connectivity index is 2.15. The molecule has 5 nitrogen and oxygen atoms in total. The number of rotatable bonds is 3. The predicted octanol–water partition coefficient (Wildman–Crippen LogP) is 2.19. The van der Waals surface area contributed by atoms with Gasteiger partial charge < -0.3 is 20.5 Å². The van der Waals surface area contributed by atoms with Crippen molar-refractivity contribution in [2.45, 2.75) is 38.7 Å². The summed E-state index contributed by atoms with van der Waals surface area (Å²) in [5.41, 5.74) is 7.45. The Morgan fingerprint density at radius 3 is 2.86 bits per heavy atom. The quantitative estimate of drug-likeness (QED) is 0.659. The van der Waals surface area contributed by atoms with Crippen molar-refractivity contribution in [1.29, 1.82) is 0 Å². The minimum atomic E-state index is -0.603. The van der Waals surface area contributed by atoms with Crippen LogP contribution in [-0.4, -0.2) is 36.4 Å². The monoisotopic (exact) mass is 292 g/mol. The van der Waals surface area contributed by atoms with Crippen molar-refractivity contribution in [2.24, 2.45) is 0 Å². The molecule has 0 spiro atoms. The van der Waals surface area contributed by atoms with Crippen molar-refractivity contribution in [1.82, 2.24) is 0 Å². The summed E-state index contributed by atoms with van der Waals surface area (Å²) in [7, 11) is 0. The number of aliphatic hydroxyl groups is 1. The molecule has 0 amide bonds. The number of hydrogen-bond donors (Lipinski definition) is 2. The van der Waals surface area contributed by atoms with Gasteiger partial charge in [0.25, 0.3) is 0 Å². The molecule has 0 saturated carbocycles. The van der Waals surface area contributed by atoms with Gasteiger partial charge in [-0.3, -0.25) is 0 Å². The maximum Gasteiger partial charge on any atom is 0.338 e. The molecule has 1 heterocycles. The molecule has 3 N–H and O–H groups in total. The van der Waals surface area contributed by atoms with Gasteiger partial charge in [-0.15, -0.1) is 0 Å². The van der Waals surface area contributed by atoms with E-state index in [2.05, 4.69) is 4.90 Å². The minimum Gasteiger partial charge on any atom is -0.462 e.